The van der Waals surface area contributed by atoms with Gasteiger partial charge in [-0.25, -0.2) is 18.7 Å². The summed E-state index contributed by atoms with van der Waals surface area (Å²) in [6.45, 7) is 9.84. The predicted molar refractivity (Wildman–Crippen MR) is 148 cm³/mol. The summed E-state index contributed by atoms with van der Waals surface area (Å²) in [6, 6.07) is 7.81. The zero-order valence-corrected chi connectivity index (χ0v) is 22.7. The molecule has 10 heteroatoms. The highest BCUT2D eigenvalue weighted by molar-refractivity contribution is 6.06. The van der Waals surface area contributed by atoms with Crippen LogP contribution in [-0.4, -0.2) is 79.3 Å². The number of hydrogen-bond acceptors (Lipinski definition) is 7. The number of aromatic nitrogens is 2. The number of amides is 1. The van der Waals surface area contributed by atoms with Crippen molar-refractivity contribution in [2.75, 3.05) is 61.6 Å². The summed E-state index contributed by atoms with van der Waals surface area (Å²) >= 11 is 0. The molecule has 2 fully saturated rings. The summed E-state index contributed by atoms with van der Waals surface area (Å²) < 4.78 is 34.9. The molecule has 0 aliphatic carbocycles. The summed E-state index contributed by atoms with van der Waals surface area (Å²) in [5, 5.41) is 2.97. The fraction of sp³-hybridized carbons (Fsp3) is 0.414. The number of hydrogen-bond donors (Lipinski definition) is 1. The van der Waals surface area contributed by atoms with Crippen molar-refractivity contribution in [1.29, 1.82) is 0 Å². The first kappa shape index (κ1) is 27.0. The molecule has 1 aromatic heterocycles. The molecule has 2 aliphatic heterocycles. The minimum atomic E-state index is -0.428. The Morgan fingerprint density at radius 3 is 2.28 bits per heavy atom. The number of rotatable bonds is 5. The van der Waals surface area contributed by atoms with Gasteiger partial charge in [-0.15, -0.1) is 0 Å². The molecule has 0 saturated carbocycles. The van der Waals surface area contributed by atoms with E-state index in [-0.39, 0.29) is 23.5 Å². The molecule has 0 unspecified atom stereocenters. The molecule has 0 spiro atoms. The van der Waals surface area contributed by atoms with Crippen molar-refractivity contribution in [1.82, 2.24) is 14.9 Å². The van der Waals surface area contributed by atoms with Gasteiger partial charge in [0.25, 0.3) is 5.91 Å². The minimum Gasteiger partial charge on any atom is -0.378 e. The second-order valence-electron chi connectivity index (χ2n) is 10.4. The van der Waals surface area contributed by atoms with Gasteiger partial charge in [0.15, 0.2) is 0 Å². The number of carbonyl (C=O) groups excluding carboxylic acids is 1. The Morgan fingerprint density at radius 2 is 1.64 bits per heavy atom. The molecule has 39 heavy (non-hydrogen) atoms. The van der Waals surface area contributed by atoms with E-state index >= 15 is 4.39 Å². The number of benzene rings is 2. The lowest BCUT2D eigenvalue weighted by Crippen LogP contribution is -2.55. The lowest BCUT2D eigenvalue weighted by Gasteiger charge is -2.44. The Morgan fingerprint density at radius 1 is 0.974 bits per heavy atom. The number of aryl methyl sites for hydroxylation is 1. The summed E-state index contributed by atoms with van der Waals surface area (Å²) in [7, 11) is 2.08. The van der Waals surface area contributed by atoms with Crippen LogP contribution in [0.15, 0.2) is 42.7 Å². The highest BCUT2D eigenvalue weighted by Gasteiger charge is 2.29. The summed E-state index contributed by atoms with van der Waals surface area (Å²) in [4.78, 5) is 28.6. The number of likely N-dealkylation sites (N-methyl/N-ethyl adjacent to an activating group) is 1. The molecule has 206 valence electrons. The fourth-order valence-electron chi connectivity index (χ4n) is 5.11. The van der Waals surface area contributed by atoms with Crippen molar-refractivity contribution < 1.29 is 18.3 Å². The zero-order valence-electron chi connectivity index (χ0n) is 22.7. The van der Waals surface area contributed by atoms with Crippen LogP contribution in [0.3, 0.4) is 0 Å². The van der Waals surface area contributed by atoms with Crippen LogP contribution < -0.4 is 15.1 Å². The van der Waals surface area contributed by atoms with E-state index in [1.807, 2.05) is 4.90 Å². The van der Waals surface area contributed by atoms with E-state index in [2.05, 4.69) is 46.0 Å². The first-order chi connectivity index (χ1) is 18.7. The molecule has 2 atom stereocenters. The van der Waals surface area contributed by atoms with Crippen LogP contribution in [0.5, 0.6) is 0 Å². The van der Waals surface area contributed by atoms with E-state index in [1.165, 1.54) is 24.3 Å². The molecule has 3 heterocycles. The predicted octanol–water partition coefficient (Wildman–Crippen LogP) is 4.35. The van der Waals surface area contributed by atoms with E-state index in [1.54, 1.807) is 25.4 Å². The van der Waals surface area contributed by atoms with E-state index in [9.17, 15) is 9.18 Å². The molecule has 2 saturated heterocycles. The van der Waals surface area contributed by atoms with Crippen LogP contribution in [0.1, 0.15) is 29.8 Å². The Labute approximate surface area is 227 Å². The first-order valence-electron chi connectivity index (χ1n) is 13.2. The third-order valence-corrected chi connectivity index (χ3v) is 7.70. The maximum atomic E-state index is 15.7. The smallest absolute Gasteiger partial charge is 0.255 e. The zero-order chi connectivity index (χ0) is 27.7. The molecule has 8 nitrogen and oxygen atoms in total. The quantitative estimate of drug-likeness (QED) is 0.520. The molecule has 3 aromatic rings. The maximum absolute atomic E-state index is 15.7. The van der Waals surface area contributed by atoms with Gasteiger partial charge in [0.1, 0.15) is 11.6 Å². The molecule has 2 aromatic carbocycles. The number of nitrogens with one attached hydrogen (secondary N) is 1. The molecular weight excluding hydrogens is 502 g/mol. The molecule has 0 radical (unpaired) electrons. The van der Waals surface area contributed by atoms with Crippen molar-refractivity contribution in [3.8, 4) is 11.1 Å². The van der Waals surface area contributed by atoms with Gasteiger partial charge in [-0.1, -0.05) is 0 Å². The maximum Gasteiger partial charge on any atom is 0.255 e. The van der Waals surface area contributed by atoms with Gasteiger partial charge in [-0.2, -0.15) is 0 Å². The third-order valence-electron chi connectivity index (χ3n) is 7.70. The number of carbonyl (C=O) groups is 1. The van der Waals surface area contributed by atoms with Gasteiger partial charge in [-0.05, 0) is 63.7 Å². The van der Waals surface area contributed by atoms with Crippen molar-refractivity contribution in [2.24, 2.45) is 0 Å². The number of anilines is 3. The normalized spacial score (nSPS) is 20.3. The monoisotopic (exact) mass is 536 g/mol. The highest BCUT2D eigenvalue weighted by atomic mass is 19.1. The number of piperazine rings is 1. The Hall–Kier alpha value is -3.63. The van der Waals surface area contributed by atoms with Crippen LogP contribution in [-0.2, 0) is 4.74 Å². The van der Waals surface area contributed by atoms with Crippen molar-refractivity contribution in [3.05, 3.63) is 65.5 Å². The second kappa shape index (κ2) is 11.2. The minimum absolute atomic E-state index is 0.237. The Bertz CT molecular complexity index is 1330. The van der Waals surface area contributed by atoms with Gasteiger partial charge < -0.3 is 19.9 Å². The Balaban J connectivity index is 1.50. The van der Waals surface area contributed by atoms with Crippen molar-refractivity contribution in [3.63, 3.8) is 0 Å². The summed E-state index contributed by atoms with van der Waals surface area (Å²) in [5.74, 6) is -0.634. The van der Waals surface area contributed by atoms with E-state index in [0.29, 0.717) is 73.4 Å². The first-order valence-corrected chi connectivity index (χ1v) is 13.2. The fourth-order valence-corrected chi connectivity index (χ4v) is 5.11. The van der Waals surface area contributed by atoms with Crippen LogP contribution in [0.2, 0.25) is 0 Å². The number of ether oxygens (including phenoxy) is 1. The topological polar surface area (TPSA) is 73.8 Å². The standard InChI is InChI=1S/C29H34F2N6O2/c1-18-11-21(5-6-24(18)30)28(38)34-26-12-23(22-14-32-29(33-15-22)36-7-9-39-10-8-36)25(31)13-27(26)37-16-19(2)35(4)20(3)17-37/h5-6,11-15,19-20H,7-10,16-17H2,1-4H3,(H,34,38)/t19-,20+. The highest BCUT2D eigenvalue weighted by Crippen LogP contribution is 2.36. The number of halogens is 2. The van der Waals surface area contributed by atoms with Crippen LogP contribution in [0.25, 0.3) is 11.1 Å². The second-order valence-corrected chi connectivity index (χ2v) is 10.4. The van der Waals surface area contributed by atoms with Gasteiger partial charge in [0.2, 0.25) is 5.95 Å². The third kappa shape index (κ3) is 5.72. The summed E-state index contributed by atoms with van der Waals surface area (Å²) in [6.07, 6.45) is 3.20. The van der Waals surface area contributed by atoms with Gasteiger partial charge in [-0.3, -0.25) is 9.69 Å². The molecule has 5 rings (SSSR count). The lowest BCUT2D eigenvalue weighted by atomic mass is 10.0. The average Bonchev–Trinajstić information content (AvgIpc) is 2.94. The molecule has 0 bridgehead atoms. The molecule has 1 N–H and O–H groups in total. The van der Waals surface area contributed by atoms with E-state index in [0.717, 1.165) is 0 Å². The Kier molecular flexibility index (Phi) is 7.76. The SMILES string of the molecule is Cc1cc(C(=O)Nc2cc(-c3cnc(N4CCOCC4)nc3)c(F)cc2N2C[C@@H](C)N(C)[C@@H](C)C2)ccc1F. The molecule has 2 aliphatic rings. The van der Waals surface area contributed by atoms with Crippen molar-refractivity contribution in [2.45, 2.75) is 32.9 Å². The lowest BCUT2D eigenvalue weighted by molar-refractivity contribution is 0.102. The largest absolute Gasteiger partial charge is 0.378 e. The van der Waals surface area contributed by atoms with Crippen LogP contribution in [0.4, 0.5) is 26.1 Å². The summed E-state index contributed by atoms with van der Waals surface area (Å²) in [5.41, 5.74) is 2.56. The van der Waals surface area contributed by atoms with E-state index in [4.69, 9.17) is 4.74 Å². The average molecular weight is 537 g/mol. The van der Waals surface area contributed by atoms with Crippen LogP contribution in [0, 0.1) is 18.6 Å². The van der Waals surface area contributed by atoms with Gasteiger partial charge in [0, 0.05) is 67.3 Å². The molecular formula is C29H34F2N6O2. The number of nitrogens with zero attached hydrogens (tertiary/aromatic N) is 5. The van der Waals surface area contributed by atoms with Crippen LogP contribution >= 0.6 is 0 Å². The van der Waals surface area contributed by atoms with Gasteiger partial charge in [0.05, 0.1) is 24.6 Å². The molecule has 1 amide bonds. The van der Waals surface area contributed by atoms with E-state index < -0.39 is 11.7 Å². The van der Waals surface area contributed by atoms with Crippen molar-refractivity contribution >= 4 is 23.2 Å². The van der Waals surface area contributed by atoms with Gasteiger partial charge >= 0.3 is 0 Å². The number of morpholine rings is 1.